The lowest BCUT2D eigenvalue weighted by molar-refractivity contribution is 0.578. The molecule has 0 spiro atoms. The Morgan fingerprint density at radius 3 is 2.37 bits per heavy atom. The summed E-state index contributed by atoms with van der Waals surface area (Å²) in [6.45, 7) is 2.37. The van der Waals surface area contributed by atoms with Gasteiger partial charge in [-0.15, -0.1) is 0 Å². The Morgan fingerprint density at radius 2 is 1.74 bits per heavy atom. The molecule has 0 bridgehead atoms. The number of pyridine rings is 1. The number of rotatable bonds is 4. The largest absolute Gasteiger partial charge is 0.363 e. The fourth-order valence-electron chi connectivity index (χ4n) is 1.58. The van der Waals surface area contributed by atoms with E-state index in [4.69, 9.17) is 5.84 Å². The summed E-state index contributed by atoms with van der Waals surface area (Å²) in [6.07, 6.45) is 0. The molecular weight excluding hydrogens is 250 g/mol. The molecule has 0 fully saturated rings. The molecule has 1 aromatic heterocycles. The number of hydrogen-bond acceptors (Lipinski definition) is 4. The predicted octanol–water partition coefficient (Wildman–Crippen LogP) is 2.57. The number of halogens is 2. The third-order valence-corrected chi connectivity index (χ3v) is 2.65. The minimum Gasteiger partial charge on any atom is -0.363 e. The molecule has 4 nitrogen and oxygen atoms in total. The summed E-state index contributed by atoms with van der Waals surface area (Å²) in [5, 5.41) is 2.80. The molecule has 6 heteroatoms. The molecule has 0 aliphatic heterocycles. The average Bonchev–Trinajstić information content (AvgIpc) is 2.40. The Balaban J connectivity index is 2.13. The molecule has 4 N–H and O–H groups in total. The molecule has 0 saturated carbocycles. The summed E-state index contributed by atoms with van der Waals surface area (Å²) < 4.78 is 26.7. The van der Waals surface area contributed by atoms with E-state index in [0.717, 1.165) is 17.2 Å². The minimum atomic E-state index is -0.833. The Labute approximate surface area is 109 Å². The molecular formula is C13H14F2N4. The van der Waals surface area contributed by atoms with E-state index in [1.54, 1.807) is 0 Å². The first-order valence-corrected chi connectivity index (χ1v) is 5.72. The van der Waals surface area contributed by atoms with E-state index in [2.05, 4.69) is 15.7 Å². The van der Waals surface area contributed by atoms with E-state index in [1.165, 1.54) is 0 Å². The standard InChI is InChI=1S/C13H14F2N4/c1-8-2-4-9(5-3-8)7-17-12-10(14)6-11(15)13(18-12)19-16/h2-6H,7,16H2,1H3,(H2,17,18,19). The zero-order chi connectivity index (χ0) is 13.8. The van der Waals surface area contributed by atoms with Crippen molar-refractivity contribution in [2.75, 3.05) is 10.7 Å². The number of nitrogens with zero attached hydrogens (tertiary/aromatic N) is 1. The van der Waals surface area contributed by atoms with Gasteiger partial charge in [0.25, 0.3) is 0 Å². The predicted molar refractivity (Wildman–Crippen MR) is 70.5 cm³/mol. The van der Waals surface area contributed by atoms with Crippen molar-refractivity contribution in [1.82, 2.24) is 4.98 Å². The van der Waals surface area contributed by atoms with Crippen LogP contribution in [0.4, 0.5) is 20.4 Å². The topological polar surface area (TPSA) is 63.0 Å². The third kappa shape index (κ3) is 3.17. The van der Waals surface area contributed by atoms with E-state index in [1.807, 2.05) is 31.2 Å². The third-order valence-electron chi connectivity index (χ3n) is 2.65. The van der Waals surface area contributed by atoms with Crippen LogP contribution in [0.1, 0.15) is 11.1 Å². The number of nitrogen functional groups attached to an aromatic ring is 1. The van der Waals surface area contributed by atoms with Gasteiger partial charge in [-0.05, 0) is 12.5 Å². The maximum absolute atomic E-state index is 13.5. The highest BCUT2D eigenvalue weighted by Crippen LogP contribution is 2.18. The number of benzene rings is 1. The van der Waals surface area contributed by atoms with Crippen LogP contribution in [0.2, 0.25) is 0 Å². The zero-order valence-corrected chi connectivity index (χ0v) is 10.4. The van der Waals surface area contributed by atoms with Gasteiger partial charge >= 0.3 is 0 Å². The van der Waals surface area contributed by atoms with Crippen molar-refractivity contribution in [3.05, 3.63) is 53.1 Å². The van der Waals surface area contributed by atoms with Gasteiger partial charge in [0.15, 0.2) is 23.3 Å². The van der Waals surface area contributed by atoms with Crippen molar-refractivity contribution < 1.29 is 8.78 Å². The maximum atomic E-state index is 13.5. The van der Waals surface area contributed by atoms with Crippen LogP contribution in [-0.2, 0) is 6.54 Å². The van der Waals surface area contributed by atoms with E-state index >= 15 is 0 Å². The molecule has 2 aromatic rings. The van der Waals surface area contributed by atoms with Crippen molar-refractivity contribution in [2.45, 2.75) is 13.5 Å². The summed E-state index contributed by atoms with van der Waals surface area (Å²) in [5.41, 5.74) is 4.19. The van der Waals surface area contributed by atoms with Crippen LogP contribution >= 0.6 is 0 Å². The van der Waals surface area contributed by atoms with Crippen LogP contribution in [-0.4, -0.2) is 4.98 Å². The summed E-state index contributed by atoms with van der Waals surface area (Å²) in [4.78, 5) is 3.73. The van der Waals surface area contributed by atoms with Crippen molar-refractivity contribution in [3.8, 4) is 0 Å². The second-order valence-corrected chi connectivity index (χ2v) is 4.13. The molecule has 1 aromatic carbocycles. The van der Waals surface area contributed by atoms with Gasteiger partial charge in [-0.1, -0.05) is 29.8 Å². The van der Waals surface area contributed by atoms with E-state index in [9.17, 15) is 8.78 Å². The minimum absolute atomic E-state index is 0.0464. The number of hydrazine groups is 1. The van der Waals surface area contributed by atoms with Crippen LogP contribution in [0.5, 0.6) is 0 Å². The van der Waals surface area contributed by atoms with Gasteiger partial charge < -0.3 is 10.7 Å². The molecule has 0 atom stereocenters. The number of anilines is 2. The summed E-state index contributed by atoms with van der Waals surface area (Å²) in [5.74, 6) is 3.25. The lowest BCUT2D eigenvalue weighted by Crippen LogP contribution is -2.13. The van der Waals surface area contributed by atoms with Crippen LogP contribution in [0.25, 0.3) is 0 Å². The average molecular weight is 264 g/mol. The van der Waals surface area contributed by atoms with E-state index < -0.39 is 11.6 Å². The number of hydrogen-bond donors (Lipinski definition) is 3. The first-order chi connectivity index (χ1) is 9.10. The van der Waals surface area contributed by atoms with Crippen LogP contribution in [0, 0.1) is 18.6 Å². The number of nitrogens with one attached hydrogen (secondary N) is 2. The molecule has 0 saturated heterocycles. The van der Waals surface area contributed by atoms with E-state index in [-0.39, 0.29) is 11.6 Å². The van der Waals surface area contributed by atoms with Gasteiger partial charge in [-0.2, -0.15) is 0 Å². The maximum Gasteiger partial charge on any atom is 0.178 e. The first kappa shape index (κ1) is 13.2. The highest BCUT2D eigenvalue weighted by atomic mass is 19.1. The monoisotopic (exact) mass is 264 g/mol. The summed E-state index contributed by atoms with van der Waals surface area (Å²) in [6, 6.07) is 8.49. The molecule has 2 rings (SSSR count). The van der Waals surface area contributed by atoms with Crippen LogP contribution in [0.15, 0.2) is 30.3 Å². The smallest absolute Gasteiger partial charge is 0.178 e. The van der Waals surface area contributed by atoms with Gasteiger partial charge in [-0.25, -0.2) is 19.6 Å². The van der Waals surface area contributed by atoms with Gasteiger partial charge in [0.05, 0.1) is 0 Å². The fourth-order valence-corrected chi connectivity index (χ4v) is 1.58. The zero-order valence-electron chi connectivity index (χ0n) is 10.4. The van der Waals surface area contributed by atoms with Gasteiger partial charge in [-0.3, -0.25) is 0 Å². The quantitative estimate of drug-likeness (QED) is 0.586. The van der Waals surface area contributed by atoms with Crippen molar-refractivity contribution in [1.29, 1.82) is 0 Å². The Kier molecular flexibility index (Phi) is 3.91. The van der Waals surface area contributed by atoms with Crippen LogP contribution in [0.3, 0.4) is 0 Å². The van der Waals surface area contributed by atoms with E-state index in [0.29, 0.717) is 6.54 Å². The lowest BCUT2D eigenvalue weighted by atomic mass is 10.1. The Hall–Kier alpha value is -2.21. The number of aromatic nitrogens is 1. The van der Waals surface area contributed by atoms with Crippen molar-refractivity contribution in [2.24, 2.45) is 5.84 Å². The Bertz CT molecular complexity index is 570. The lowest BCUT2D eigenvalue weighted by Gasteiger charge is -2.09. The molecule has 0 amide bonds. The summed E-state index contributed by atoms with van der Waals surface area (Å²) >= 11 is 0. The second kappa shape index (κ2) is 5.62. The highest BCUT2D eigenvalue weighted by Gasteiger charge is 2.10. The molecule has 1 heterocycles. The van der Waals surface area contributed by atoms with Crippen molar-refractivity contribution >= 4 is 11.6 Å². The molecule has 0 unspecified atom stereocenters. The number of aryl methyl sites for hydroxylation is 1. The fraction of sp³-hybridized carbons (Fsp3) is 0.154. The number of nitrogens with two attached hydrogens (primary N) is 1. The Morgan fingerprint density at radius 1 is 1.11 bits per heavy atom. The molecule has 0 aliphatic rings. The summed E-state index contributed by atoms with van der Waals surface area (Å²) in [7, 11) is 0. The first-order valence-electron chi connectivity index (χ1n) is 5.72. The second-order valence-electron chi connectivity index (χ2n) is 4.13. The van der Waals surface area contributed by atoms with Gasteiger partial charge in [0.1, 0.15) is 0 Å². The normalized spacial score (nSPS) is 10.3. The molecule has 0 aliphatic carbocycles. The molecule has 100 valence electrons. The van der Waals surface area contributed by atoms with Crippen LogP contribution < -0.4 is 16.6 Å². The van der Waals surface area contributed by atoms with Gasteiger partial charge in [0.2, 0.25) is 0 Å². The highest BCUT2D eigenvalue weighted by molar-refractivity contribution is 5.47. The molecule has 19 heavy (non-hydrogen) atoms. The molecule has 0 radical (unpaired) electrons. The van der Waals surface area contributed by atoms with Crippen molar-refractivity contribution in [3.63, 3.8) is 0 Å². The SMILES string of the molecule is Cc1ccc(CNc2nc(NN)c(F)cc2F)cc1. The van der Waals surface area contributed by atoms with Gasteiger partial charge in [0, 0.05) is 12.6 Å².